The van der Waals surface area contributed by atoms with Crippen LogP contribution in [0.3, 0.4) is 0 Å². The lowest BCUT2D eigenvalue weighted by Gasteiger charge is -2.13. The molecule has 0 N–H and O–H groups in total. The van der Waals surface area contributed by atoms with Crippen LogP contribution in [0.5, 0.6) is 23.0 Å². The minimum atomic E-state index is -0.557. The van der Waals surface area contributed by atoms with E-state index in [4.69, 9.17) is 23.4 Å². The maximum absolute atomic E-state index is 13.6. The molecule has 0 saturated heterocycles. The van der Waals surface area contributed by atoms with Crippen LogP contribution in [0.4, 0.5) is 5.69 Å². The van der Waals surface area contributed by atoms with Crippen molar-refractivity contribution in [3.05, 3.63) is 117 Å². The molecule has 0 aliphatic carbocycles. The fourth-order valence-corrected chi connectivity index (χ4v) is 5.02. The number of ether oxygens (including phenoxy) is 4. The predicted molar refractivity (Wildman–Crippen MR) is 165 cm³/mol. The van der Waals surface area contributed by atoms with Gasteiger partial charge in [0, 0.05) is 17.0 Å². The molecule has 0 bridgehead atoms. The maximum Gasteiger partial charge on any atom is 0.315 e. The summed E-state index contributed by atoms with van der Waals surface area (Å²) in [5.74, 6) is 1.81. The summed E-state index contributed by atoms with van der Waals surface area (Å²) >= 11 is 0. The van der Waals surface area contributed by atoms with Crippen molar-refractivity contribution in [3.8, 4) is 34.6 Å². The predicted octanol–water partition coefficient (Wildman–Crippen LogP) is 6.31. The minimum absolute atomic E-state index is 0.0179. The third-order valence-corrected chi connectivity index (χ3v) is 7.10. The van der Waals surface area contributed by atoms with E-state index < -0.39 is 10.5 Å². The summed E-state index contributed by atoms with van der Waals surface area (Å²) in [5.41, 5.74) is 1.36. The van der Waals surface area contributed by atoms with Crippen molar-refractivity contribution < 1.29 is 28.3 Å². The van der Waals surface area contributed by atoms with Crippen molar-refractivity contribution in [2.24, 2.45) is 5.10 Å². The highest BCUT2D eigenvalue weighted by Crippen LogP contribution is 2.40. The zero-order chi connectivity index (χ0) is 30.9. The SMILES string of the molecule is CCOc1cc(C=Nn2c(-c3cc4ccccc4o3)nc3ccccc3c2=O)cc([N+](=O)[O-])c1OCc1ccc2c(c1)OCO2. The van der Waals surface area contributed by atoms with Gasteiger partial charge in [0.05, 0.1) is 28.6 Å². The molecule has 4 aromatic carbocycles. The molecule has 0 saturated carbocycles. The summed E-state index contributed by atoms with van der Waals surface area (Å²) in [5, 5.41) is 17.8. The van der Waals surface area contributed by atoms with Gasteiger partial charge in [-0.05, 0) is 55.0 Å². The Morgan fingerprint density at radius 1 is 1.00 bits per heavy atom. The van der Waals surface area contributed by atoms with Crippen LogP contribution < -0.4 is 24.5 Å². The van der Waals surface area contributed by atoms with Crippen LogP contribution in [0.2, 0.25) is 0 Å². The van der Waals surface area contributed by atoms with E-state index in [2.05, 4.69) is 10.1 Å². The highest BCUT2D eigenvalue weighted by Gasteiger charge is 2.24. The number of nitro benzene ring substituents is 1. The zero-order valence-corrected chi connectivity index (χ0v) is 23.8. The Labute approximate surface area is 254 Å². The number of para-hydroxylation sites is 2. The fraction of sp³-hybridized carbons (Fsp3) is 0.121. The van der Waals surface area contributed by atoms with Gasteiger partial charge in [-0.1, -0.05) is 36.4 Å². The summed E-state index contributed by atoms with van der Waals surface area (Å²) in [6.45, 7) is 2.13. The van der Waals surface area contributed by atoms with Crippen LogP contribution in [0.15, 0.2) is 99.2 Å². The molecule has 7 rings (SSSR count). The molecule has 0 amide bonds. The second-order valence-electron chi connectivity index (χ2n) is 10.00. The normalized spacial score (nSPS) is 12.3. The second kappa shape index (κ2) is 11.5. The third-order valence-electron chi connectivity index (χ3n) is 7.10. The van der Waals surface area contributed by atoms with Gasteiger partial charge < -0.3 is 23.4 Å². The first-order valence-electron chi connectivity index (χ1n) is 14.0. The Morgan fingerprint density at radius 3 is 2.67 bits per heavy atom. The fourth-order valence-electron chi connectivity index (χ4n) is 5.02. The zero-order valence-electron chi connectivity index (χ0n) is 23.8. The van der Waals surface area contributed by atoms with Crippen LogP contribution in [-0.2, 0) is 6.61 Å². The molecule has 12 heteroatoms. The van der Waals surface area contributed by atoms with E-state index in [0.717, 1.165) is 15.6 Å². The highest BCUT2D eigenvalue weighted by atomic mass is 16.7. The van der Waals surface area contributed by atoms with Crippen molar-refractivity contribution >= 4 is 33.8 Å². The molecule has 224 valence electrons. The minimum Gasteiger partial charge on any atom is -0.490 e. The van der Waals surface area contributed by atoms with Gasteiger partial charge in [0.25, 0.3) is 5.56 Å². The van der Waals surface area contributed by atoms with Crippen molar-refractivity contribution in [1.29, 1.82) is 0 Å². The number of nitro groups is 1. The average Bonchev–Trinajstić information content (AvgIpc) is 3.70. The molecule has 1 aliphatic rings. The van der Waals surface area contributed by atoms with Gasteiger partial charge in [0.1, 0.15) is 12.2 Å². The molecular formula is C33H24N4O8. The first-order valence-corrected chi connectivity index (χ1v) is 14.0. The third kappa shape index (κ3) is 5.29. The van der Waals surface area contributed by atoms with Gasteiger partial charge in [0.15, 0.2) is 23.0 Å². The molecular weight excluding hydrogens is 580 g/mol. The molecule has 6 aromatic rings. The van der Waals surface area contributed by atoms with Gasteiger partial charge >= 0.3 is 5.69 Å². The second-order valence-corrected chi connectivity index (χ2v) is 10.00. The summed E-state index contributed by atoms with van der Waals surface area (Å²) in [6.07, 6.45) is 1.33. The summed E-state index contributed by atoms with van der Waals surface area (Å²) < 4.78 is 29.6. The number of furan rings is 1. The maximum atomic E-state index is 13.6. The molecule has 0 fully saturated rings. The average molecular weight is 605 g/mol. The standard InChI is InChI=1S/C33H24N4O8/c1-2-41-29-15-21(13-25(37(39)40)31(29)42-18-20-11-12-27-28(14-20)44-19-43-27)17-34-36-32(30-16-22-7-3-6-10-26(22)45-30)35-24-9-5-4-8-23(24)33(36)38/h3-17H,2,18-19H2,1H3. The van der Waals surface area contributed by atoms with Crippen LogP contribution in [0.25, 0.3) is 33.5 Å². The lowest BCUT2D eigenvalue weighted by atomic mass is 10.1. The molecule has 3 heterocycles. The van der Waals surface area contributed by atoms with Crippen molar-refractivity contribution in [3.63, 3.8) is 0 Å². The highest BCUT2D eigenvalue weighted by molar-refractivity contribution is 5.86. The Morgan fingerprint density at radius 2 is 1.82 bits per heavy atom. The molecule has 2 aromatic heterocycles. The number of fused-ring (bicyclic) bond motifs is 3. The van der Waals surface area contributed by atoms with Gasteiger partial charge in [0.2, 0.25) is 18.4 Å². The number of hydrogen-bond acceptors (Lipinski definition) is 10. The van der Waals surface area contributed by atoms with E-state index in [1.165, 1.54) is 12.3 Å². The summed E-state index contributed by atoms with van der Waals surface area (Å²) in [4.78, 5) is 30.0. The number of aromatic nitrogens is 2. The van der Waals surface area contributed by atoms with Gasteiger partial charge in [-0.15, -0.1) is 0 Å². The van der Waals surface area contributed by atoms with Gasteiger partial charge in [-0.25, -0.2) is 4.98 Å². The number of benzene rings is 4. The molecule has 0 spiro atoms. The molecule has 12 nitrogen and oxygen atoms in total. The number of nitrogens with zero attached hydrogens (tertiary/aromatic N) is 4. The smallest absolute Gasteiger partial charge is 0.315 e. The van der Waals surface area contributed by atoms with E-state index in [-0.39, 0.29) is 43.0 Å². The van der Waals surface area contributed by atoms with E-state index in [1.807, 2.05) is 24.3 Å². The lowest BCUT2D eigenvalue weighted by molar-refractivity contribution is -0.386. The Bertz CT molecular complexity index is 2150. The Kier molecular flexibility index (Phi) is 7.06. The lowest BCUT2D eigenvalue weighted by Crippen LogP contribution is -2.20. The quantitative estimate of drug-likeness (QED) is 0.105. The molecule has 0 radical (unpaired) electrons. The molecule has 1 aliphatic heterocycles. The largest absolute Gasteiger partial charge is 0.490 e. The van der Waals surface area contributed by atoms with E-state index in [0.29, 0.717) is 39.3 Å². The number of rotatable bonds is 9. The van der Waals surface area contributed by atoms with E-state index in [1.54, 1.807) is 61.5 Å². The molecule has 45 heavy (non-hydrogen) atoms. The van der Waals surface area contributed by atoms with Crippen molar-refractivity contribution in [1.82, 2.24) is 9.66 Å². The summed E-state index contributed by atoms with van der Waals surface area (Å²) in [6, 6.07) is 24.3. The van der Waals surface area contributed by atoms with E-state index in [9.17, 15) is 14.9 Å². The topological polar surface area (TPSA) is 140 Å². The first kappa shape index (κ1) is 27.7. The van der Waals surface area contributed by atoms with Crippen molar-refractivity contribution in [2.45, 2.75) is 13.5 Å². The Balaban J connectivity index is 1.29. The van der Waals surface area contributed by atoms with Gasteiger partial charge in [-0.2, -0.15) is 9.78 Å². The summed E-state index contributed by atoms with van der Waals surface area (Å²) in [7, 11) is 0. The first-order chi connectivity index (χ1) is 22.0. The van der Waals surface area contributed by atoms with Crippen LogP contribution >= 0.6 is 0 Å². The molecule has 0 atom stereocenters. The van der Waals surface area contributed by atoms with Crippen LogP contribution in [-0.4, -0.2) is 34.2 Å². The number of hydrogen-bond donors (Lipinski definition) is 0. The molecule has 0 unspecified atom stereocenters. The van der Waals surface area contributed by atoms with Crippen LogP contribution in [0, 0.1) is 10.1 Å². The van der Waals surface area contributed by atoms with Gasteiger partial charge in [-0.3, -0.25) is 14.9 Å². The Hall–Kier alpha value is -6.17. The van der Waals surface area contributed by atoms with Crippen LogP contribution in [0.1, 0.15) is 18.1 Å². The monoisotopic (exact) mass is 604 g/mol. The van der Waals surface area contributed by atoms with Crippen molar-refractivity contribution in [2.75, 3.05) is 13.4 Å². The van der Waals surface area contributed by atoms with E-state index >= 15 is 0 Å².